The van der Waals surface area contributed by atoms with Crippen LogP contribution in [0.1, 0.15) is 35.7 Å². The number of likely N-dealkylation sites (tertiary alicyclic amines) is 1. The molecule has 3 heteroatoms. The number of hydrogen-bond donors (Lipinski definition) is 1. The van der Waals surface area contributed by atoms with Crippen molar-refractivity contribution < 1.29 is 4.79 Å². The van der Waals surface area contributed by atoms with Crippen molar-refractivity contribution >= 4 is 11.6 Å². The largest absolute Gasteiger partial charge is 0.398 e. The molecule has 0 radical (unpaired) electrons. The van der Waals surface area contributed by atoms with E-state index < -0.39 is 0 Å². The third-order valence-electron chi connectivity index (χ3n) is 3.33. The van der Waals surface area contributed by atoms with Crippen LogP contribution in [0.3, 0.4) is 0 Å². The molecule has 0 spiro atoms. The van der Waals surface area contributed by atoms with Crippen molar-refractivity contribution in [3.8, 4) is 0 Å². The molecule has 1 aliphatic rings. The lowest BCUT2D eigenvalue weighted by atomic mass is 10.1. The Morgan fingerprint density at radius 3 is 2.81 bits per heavy atom. The van der Waals surface area contributed by atoms with Crippen LogP contribution in [0, 0.1) is 6.92 Å². The van der Waals surface area contributed by atoms with E-state index in [1.54, 1.807) is 6.07 Å². The first-order valence-electron chi connectivity index (χ1n) is 5.77. The fraction of sp³-hybridized carbons (Fsp3) is 0.462. The lowest BCUT2D eigenvalue weighted by Crippen LogP contribution is -2.34. The summed E-state index contributed by atoms with van der Waals surface area (Å²) in [6, 6.07) is 5.95. The minimum Gasteiger partial charge on any atom is -0.398 e. The van der Waals surface area contributed by atoms with Crippen LogP contribution in [0.5, 0.6) is 0 Å². The van der Waals surface area contributed by atoms with Crippen LogP contribution >= 0.6 is 0 Å². The smallest absolute Gasteiger partial charge is 0.256 e. The number of anilines is 1. The molecule has 0 saturated carbocycles. The van der Waals surface area contributed by atoms with Gasteiger partial charge < -0.3 is 10.6 Å². The molecule has 1 aromatic rings. The quantitative estimate of drug-likeness (QED) is 0.734. The zero-order chi connectivity index (χ0) is 11.7. The lowest BCUT2D eigenvalue weighted by Gasteiger charge is -2.23. The van der Waals surface area contributed by atoms with Crippen molar-refractivity contribution in [3.63, 3.8) is 0 Å². The molecule has 1 aliphatic heterocycles. The molecule has 1 heterocycles. The van der Waals surface area contributed by atoms with Gasteiger partial charge in [0.1, 0.15) is 0 Å². The number of aryl methyl sites for hydroxylation is 1. The number of nitrogens with zero attached hydrogens (tertiary/aromatic N) is 1. The molecule has 1 aromatic carbocycles. The lowest BCUT2D eigenvalue weighted by molar-refractivity contribution is 0.0748. The molecule has 86 valence electrons. The van der Waals surface area contributed by atoms with Crippen molar-refractivity contribution in [1.82, 2.24) is 4.90 Å². The van der Waals surface area contributed by atoms with Crippen LogP contribution in [-0.4, -0.2) is 23.4 Å². The Bertz CT molecular complexity index is 394. The molecule has 0 aromatic heterocycles. The van der Waals surface area contributed by atoms with Crippen LogP contribution in [0.4, 0.5) is 5.69 Å². The maximum Gasteiger partial charge on any atom is 0.256 e. The topological polar surface area (TPSA) is 46.3 Å². The number of carbonyl (C=O) groups excluding carboxylic acids is 1. The summed E-state index contributed by atoms with van der Waals surface area (Å²) in [4.78, 5) is 14.3. The summed E-state index contributed by atoms with van der Waals surface area (Å²) in [7, 11) is 0. The summed E-state index contributed by atoms with van der Waals surface area (Å²) in [5, 5.41) is 0. The highest BCUT2D eigenvalue weighted by Gasteiger charge is 2.27. The Morgan fingerprint density at radius 1 is 1.50 bits per heavy atom. The van der Waals surface area contributed by atoms with Crippen molar-refractivity contribution in [2.75, 3.05) is 12.3 Å². The maximum absolute atomic E-state index is 12.3. The molecule has 2 rings (SSSR count). The van der Waals surface area contributed by atoms with Crippen LogP contribution < -0.4 is 5.73 Å². The first-order valence-corrected chi connectivity index (χ1v) is 5.77. The van der Waals surface area contributed by atoms with Gasteiger partial charge in [-0.15, -0.1) is 0 Å². The zero-order valence-corrected chi connectivity index (χ0v) is 9.86. The number of carbonyl (C=O) groups is 1. The molecular weight excluding hydrogens is 200 g/mol. The first kappa shape index (κ1) is 11.0. The highest BCUT2D eigenvalue weighted by molar-refractivity contribution is 6.00. The van der Waals surface area contributed by atoms with Gasteiger partial charge in [0, 0.05) is 18.3 Å². The molecule has 1 saturated heterocycles. The van der Waals surface area contributed by atoms with E-state index >= 15 is 0 Å². The van der Waals surface area contributed by atoms with Gasteiger partial charge in [0.25, 0.3) is 5.91 Å². The zero-order valence-electron chi connectivity index (χ0n) is 9.86. The predicted octanol–water partition coefficient (Wildman–Crippen LogP) is 2.20. The van der Waals surface area contributed by atoms with Crippen LogP contribution in [0.25, 0.3) is 0 Å². The fourth-order valence-electron chi connectivity index (χ4n) is 2.36. The summed E-state index contributed by atoms with van der Waals surface area (Å²) in [5.41, 5.74) is 8.11. The summed E-state index contributed by atoms with van der Waals surface area (Å²) >= 11 is 0. The van der Waals surface area contributed by atoms with Gasteiger partial charge in [-0.05, 0) is 38.3 Å². The molecule has 1 unspecified atom stereocenters. The van der Waals surface area contributed by atoms with Gasteiger partial charge in [0.15, 0.2) is 0 Å². The average Bonchev–Trinajstić information content (AvgIpc) is 2.64. The molecule has 1 fully saturated rings. The van der Waals surface area contributed by atoms with Gasteiger partial charge in [0.2, 0.25) is 0 Å². The number of amides is 1. The molecule has 0 bridgehead atoms. The third kappa shape index (κ3) is 1.77. The highest BCUT2D eigenvalue weighted by atomic mass is 16.2. The van der Waals surface area contributed by atoms with E-state index in [9.17, 15) is 4.79 Å². The SMILES string of the molecule is Cc1cccc(N)c1C(=O)N1CCCC1C. The van der Waals surface area contributed by atoms with E-state index in [1.165, 1.54) is 0 Å². The standard InChI is InChI=1S/C13H18N2O/c1-9-5-3-7-11(14)12(9)13(16)15-8-4-6-10(15)2/h3,5,7,10H,4,6,8,14H2,1-2H3. The monoisotopic (exact) mass is 218 g/mol. The average molecular weight is 218 g/mol. The van der Waals surface area contributed by atoms with Gasteiger partial charge in [-0.3, -0.25) is 4.79 Å². The van der Waals surface area contributed by atoms with Crippen molar-refractivity contribution in [2.24, 2.45) is 0 Å². The van der Waals surface area contributed by atoms with Gasteiger partial charge in [0.05, 0.1) is 5.56 Å². The Morgan fingerprint density at radius 2 is 2.25 bits per heavy atom. The van der Waals surface area contributed by atoms with Crippen LogP contribution in [-0.2, 0) is 0 Å². The fourth-order valence-corrected chi connectivity index (χ4v) is 2.36. The first-order chi connectivity index (χ1) is 7.61. The molecule has 3 nitrogen and oxygen atoms in total. The summed E-state index contributed by atoms with van der Waals surface area (Å²) in [6.45, 7) is 4.89. The van der Waals surface area contributed by atoms with Crippen molar-refractivity contribution in [2.45, 2.75) is 32.7 Å². The summed E-state index contributed by atoms with van der Waals surface area (Å²) in [6.07, 6.45) is 2.19. The van der Waals surface area contributed by atoms with E-state index in [2.05, 4.69) is 6.92 Å². The Balaban J connectivity index is 2.33. The molecule has 0 aliphatic carbocycles. The second-order valence-electron chi connectivity index (χ2n) is 4.53. The Hall–Kier alpha value is -1.51. The van der Waals surface area contributed by atoms with Gasteiger partial charge >= 0.3 is 0 Å². The Kier molecular flexibility index (Phi) is 2.86. The van der Waals surface area contributed by atoms with E-state index in [1.807, 2.05) is 24.0 Å². The molecule has 16 heavy (non-hydrogen) atoms. The van der Waals surface area contributed by atoms with E-state index in [-0.39, 0.29) is 5.91 Å². The molecule has 1 atom stereocenters. The number of hydrogen-bond acceptors (Lipinski definition) is 2. The van der Waals surface area contributed by atoms with E-state index in [4.69, 9.17) is 5.73 Å². The van der Waals surface area contributed by atoms with E-state index in [0.29, 0.717) is 17.3 Å². The molecular formula is C13H18N2O. The molecule has 1 amide bonds. The number of rotatable bonds is 1. The third-order valence-corrected chi connectivity index (χ3v) is 3.33. The number of benzene rings is 1. The van der Waals surface area contributed by atoms with Gasteiger partial charge in [-0.25, -0.2) is 0 Å². The number of nitrogen functional groups attached to an aromatic ring is 1. The second kappa shape index (κ2) is 4.16. The number of nitrogens with two attached hydrogens (primary N) is 1. The van der Waals surface area contributed by atoms with Crippen molar-refractivity contribution in [1.29, 1.82) is 0 Å². The summed E-state index contributed by atoms with van der Waals surface area (Å²) in [5.74, 6) is 0.0839. The predicted molar refractivity (Wildman–Crippen MR) is 65.3 cm³/mol. The molecule has 2 N–H and O–H groups in total. The highest BCUT2D eigenvalue weighted by Crippen LogP contribution is 2.24. The minimum absolute atomic E-state index is 0.0839. The summed E-state index contributed by atoms with van der Waals surface area (Å²) < 4.78 is 0. The second-order valence-corrected chi connectivity index (χ2v) is 4.53. The van der Waals surface area contributed by atoms with Gasteiger partial charge in [-0.1, -0.05) is 12.1 Å². The van der Waals surface area contributed by atoms with Crippen LogP contribution in [0.2, 0.25) is 0 Å². The van der Waals surface area contributed by atoms with Gasteiger partial charge in [-0.2, -0.15) is 0 Å². The van der Waals surface area contributed by atoms with E-state index in [0.717, 1.165) is 24.9 Å². The van der Waals surface area contributed by atoms with Crippen LogP contribution in [0.15, 0.2) is 18.2 Å². The normalized spacial score (nSPS) is 20.1. The minimum atomic E-state index is 0.0839. The van der Waals surface area contributed by atoms with Crippen molar-refractivity contribution in [3.05, 3.63) is 29.3 Å². The maximum atomic E-state index is 12.3. The Labute approximate surface area is 96.2 Å².